The third-order valence-corrected chi connectivity index (χ3v) is 5.29. The van der Waals surface area contributed by atoms with Gasteiger partial charge in [0.25, 0.3) is 5.56 Å². The predicted molar refractivity (Wildman–Crippen MR) is 125 cm³/mol. The zero-order chi connectivity index (χ0) is 25.3. The lowest BCUT2D eigenvalue weighted by molar-refractivity contribution is 0.624. The fourth-order valence-corrected chi connectivity index (χ4v) is 3.72. The molecule has 0 fully saturated rings. The highest BCUT2D eigenvalue weighted by Crippen LogP contribution is 2.24. The second-order valence-electron chi connectivity index (χ2n) is 7.21. The molecule has 0 spiro atoms. The normalized spacial score (nSPS) is 10.7. The molecule has 0 unspecified atom stereocenters. The van der Waals surface area contributed by atoms with E-state index in [4.69, 9.17) is 23.1 Å². The highest BCUT2D eigenvalue weighted by atomic mass is 35.5. The van der Waals surface area contributed by atoms with Gasteiger partial charge in [-0.1, -0.05) is 11.6 Å². The minimum atomic E-state index is -0.775. The highest BCUT2D eigenvalue weighted by Gasteiger charge is 2.19. The van der Waals surface area contributed by atoms with Crippen LogP contribution in [0.2, 0.25) is 5.02 Å². The summed E-state index contributed by atoms with van der Waals surface area (Å²) in [5, 5.41) is 21.2. The third-order valence-electron chi connectivity index (χ3n) is 4.97. The lowest BCUT2D eigenvalue weighted by Crippen LogP contribution is -2.26. The van der Waals surface area contributed by atoms with Crippen molar-refractivity contribution < 1.29 is 8.78 Å². The summed E-state index contributed by atoms with van der Waals surface area (Å²) in [6.07, 6.45) is -0.0236. The second-order valence-corrected chi connectivity index (χ2v) is 7.62. The number of benzene rings is 2. The van der Waals surface area contributed by atoms with Crippen molar-refractivity contribution in [1.82, 2.24) is 19.5 Å². The molecule has 13 heteroatoms. The van der Waals surface area contributed by atoms with E-state index in [-0.39, 0.29) is 69.1 Å². The molecule has 0 aliphatic heterocycles. The average Bonchev–Trinajstić information content (AvgIpc) is 2.80. The van der Waals surface area contributed by atoms with Crippen molar-refractivity contribution in [2.45, 2.75) is 6.42 Å². The lowest BCUT2D eigenvalue weighted by atomic mass is 10.1. The van der Waals surface area contributed by atoms with Gasteiger partial charge >= 0.3 is 0 Å². The van der Waals surface area contributed by atoms with E-state index in [9.17, 15) is 24.1 Å². The molecule has 35 heavy (non-hydrogen) atoms. The molecule has 0 saturated carbocycles. The molecule has 2 aromatic carbocycles. The maximum absolute atomic E-state index is 14.5. The Morgan fingerprint density at radius 1 is 1.09 bits per heavy atom. The number of anilines is 3. The number of nitrogens with two attached hydrogens (primary N) is 2. The number of nitrogen functional groups attached to an aromatic ring is 2. The summed E-state index contributed by atoms with van der Waals surface area (Å²) < 4.78 is 29.8. The Kier molecular flexibility index (Phi) is 6.14. The van der Waals surface area contributed by atoms with Crippen LogP contribution in [-0.2, 0) is 6.42 Å². The first kappa shape index (κ1) is 23.4. The lowest BCUT2D eigenvalue weighted by Gasteiger charge is -2.16. The first-order valence-electron chi connectivity index (χ1n) is 9.91. The van der Waals surface area contributed by atoms with Crippen LogP contribution in [0.5, 0.6) is 0 Å². The van der Waals surface area contributed by atoms with E-state index in [0.717, 1.165) is 22.8 Å². The predicted octanol–water partition coefficient (Wildman–Crippen LogP) is 2.67. The second kappa shape index (κ2) is 9.21. The van der Waals surface area contributed by atoms with E-state index >= 15 is 0 Å². The zero-order valence-corrected chi connectivity index (χ0v) is 18.4. The van der Waals surface area contributed by atoms with E-state index in [1.165, 1.54) is 12.1 Å². The van der Waals surface area contributed by atoms with Crippen LogP contribution in [0.25, 0.3) is 16.6 Å². The van der Waals surface area contributed by atoms with Crippen molar-refractivity contribution in [2.24, 2.45) is 0 Å². The molecule has 0 radical (unpaired) electrons. The fourth-order valence-electron chi connectivity index (χ4n) is 3.49. The van der Waals surface area contributed by atoms with Crippen LogP contribution >= 0.6 is 11.6 Å². The van der Waals surface area contributed by atoms with Crippen LogP contribution in [-0.4, -0.2) is 26.1 Å². The number of nitrogens with one attached hydrogen (secondary N) is 1. The Hall–Kier alpha value is -4.81. The van der Waals surface area contributed by atoms with Gasteiger partial charge in [0.1, 0.15) is 40.4 Å². The van der Waals surface area contributed by atoms with Gasteiger partial charge in [-0.2, -0.15) is 20.5 Å². The number of fused-ring (bicyclic) bond motifs is 1. The SMILES string of the molecule is N#Cc1cc(F)cc(-n2c(CCNc3nc(N)nc(N)c3C#N)nc3c(F)ccc(Cl)c3c2=O)c1. The van der Waals surface area contributed by atoms with Gasteiger partial charge in [-0.05, 0) is 30.3 Å². The summed E-state index contributed by atoms with van der Waals surface area (Å²) >= 11 is 6.16. The van der Waals surface area contributed by atoms with Gasteiger partial charge in [0.05, 0.1) is 27.7 Å². The van der Waals surface area contributed by atoms with Crippen molar-refractivity contribution in [3.05, 3.63) is 74.3 Å². The topological polar surface area (TPSA) is 172 Å². The third kappa shape index (κ3) is 4.38. The van der Waals surface area contributed by atoms with E-state index in [0.29, 0.717) is 0 Å². The molecule has 4 aromatic rings. The molecule has 2 heterocycles. The molecule has 0 aliphatic carbocycles. The maximum Gasteiger partial charge on any atom is 0.267 e. The summed E-state index contributed by atoms with van der Waals surface area (Å²) in [4.78, 5) is 25.4. The summed E-state index contributed by atoms with van der Waals surface area (Å²) in [6, 6.07) is 9.32. The van der Waals surface area contributed by atoms with Crippen LogP contribution in [0.15, 0.2) is 35.1 Å². The van der Waals surface area contributed by atoms with Gasteiger partial charge < -0.3 is 16.8 Å². The first-order chi connectivity index (χ1) is 16.7. The minimum Gasteiger partial charge on any atom is -0.382 e. The summed E-state index contributed by atoms with van der Waals surface area (Å²) in [6.45, 7) is 0.0329. The summed E-state index contributed by atoms with van der Waals surface area (Å²) in [5.74, 6) is -1.74. The zero-order valence-electron chi connectivity index (χ0n) is 17.7. The van der Waals surface area contributed by atoms with Crippen molar-refractivity contribution in [2.75, 3.05) is 23.3 Å². The maximum atomic E-state index is 14.5. The first-order valence-corrected chi connectivity index (χ1v) is 10.3. The number of hydrogen-bond donors (Lipinski definition) is 3. The Morgan fingerprint density at radius 2 is 1.86 bits per heavy atom. The molecule has 0 atom stereocenters. The number of halogens is 3. The molecule has 174 valence electrons. The molecule has 2 aromatic heterocycles. The van der Waals surface area contributed by atoms with Crippen LogP contribution in [0.1, 0.15) is 17.0 Å². The molecule has 5 N–H and O–H groups in total. The van der Waals surface area contributed by atoms with E-state index < -0.39 is 17.2 Å². The van der Waals surface area contributed by atoms with E-state index in [1.54, 1.807) is 0 Å². The minimum absolute atomic E-state index is 0.00418. The quantitative estimate of drug-likeness (QED) is 0.377. The molecular formula is C22H14ClF2N9O. The van der Waals surface area contributed by atoms with Gasteiger partial charge in [0.2, 0.25) is 5.95 Å². The molecule has 0 aliphatic rings. The standard InChI is InChI=1S/C22H14ClF2N9O/c23-14-1-2-15(25)18-17(14)21(35)34(12-6-10(8-26)5-11(24)7-12)16(31-18)3-4-30-20-13(9-27)19(28)32-22(29)33-20/h1-2,5-7H,3-4H2,(H5,28,29,30,32,33). The summed E-state index contributed by atoms with van der Waals surface area (Å²) in [5.41, 5.74) is 10.2. The number of hydrogen-bond acceptors (Lipinski definition) is 9. The Balaban J connectivity index is 1.85. The molecule has 0 amide bonds. The number of aromatic nitrogens is 4. The number of nitriles is 2. The van der Waals surface area contributed by atoms with E-state index in [2.05, 4.69) is 20.3 Å². The number of rotatable bonds is 5. The Morgan fingerprint density at radius 3 is 2.57 bits per heavy atom. The summed E-state index contributed by atoms with van der Waals surface area (Å²) in [7, 11) is 0. The average molecular weight is 494 g/mol. The van der Waals surface area contributed by atoms with Gasteiger partial charge in [0.15, 0.2) is 5.82 Å². The van der Waals surface area contributed by atoms with Crippen molar-refractivity contribution in [1.29, 1.82) is 10.5 Å². The van der Waals surface area contributed by atoms with Crippen molar-refractivity contribution in [3.8, 4) is 17.8 Å². The van der Waals surface area contributed by atoms with E-state index in [1.807, 2.05) is 12.1 Å². The van der Waals surface area contributed by atoms with Crippen LogP contribution in [0.3, 0.4) is 0 Å². The molecule has 0 saturated heterocycles. The molecular weight excluding hydrogens is 480 g/mol. The van der Waals surface area contributed by atoms with Crippen LogP contribution in [0, 0.1) is 34.3 Å². The van der Waals surface area contributed by atoms with Crippen LogP contribution in [0.4, 0.5) is 26.4 Å². The largest absolute Gasteiger partial charge is 0.382 e. The Labute approximate surface area is 201 Å². The molecule has 4 rings (SSSR count). The van der Waals surface area contributed by atoms with Crippen LogP contribution < -0.4 is 22.3 Å². The Bertz CT molecular complexity index is 1640. The fraction of sp³-hybridized carbons (Fsp3) is 0.0909. The molecule has 10 nitrogen and oxygen atoms in total. The van der Waals surface area contributed by atoms with Gasteiger partial charge in [-0.25, -0.2) is 13.8 Å². The smallest absolute Gasteiger partial charge is 0.267 e. The molecule has 0 bridgehead atoms. The van der Waals surface area contributed by atoms with Gasteiger partial charge in [-0.15, -0.1) is 0 Å². The van der Waals surface area contributed by atoms with Gasteiger partial charge in [0, 0.05) is 13.0 Å². The van der Waals surface area contributed by atoms with Crippen molar-refractivity contribution >= 4 is 40.1 Å². The number of nitrogens with zero attached hydrogens (tertiary/aromatic N) is 6. The monoisotopic (exact) mass is 493 g/mol. The highest BCUT2D eigenvalue weighted by molar-refractivity contribution is 6.35. The van der Waals surface area contributed by atoms with Gasteiger partial charge in [-0.3, -0.25) is 9.36 Å². The van der Waals surface area contributed by atoms with Crippen molar-refractivity contribution in [3.63, 3.8) is 0 Å².